The van der Waals surface area contributed by atoms with Crippen molar-refractivity contribution in [2.75, 3.05) is 12.4 Å². The van der Waals surface area contributed by atoms with Crippen molar-refractivity contribution in [1.82, 2.24) is 0 Å². The van der Waals surface area contributed by atoms with Gasteiger partial charge in [-0.3, -0.25) is 4.79 Å². The molecule has 0 saturated carbocycles. The highest BCUT2D eigenvalue weighted by Crippen LogP contribution is 2.27. The lowest BCUT2D eigenvalue weighted by molar-refractivity contribution is -0.111. The molecule has 2 aromatic rings. The van der Waals surface area contributed by atoms with E-state index in [1.807, 2.05) is 24.3 Å². The van der Waals surface area contributed by atoms with Crippen molar-refractivity contribution < 1.29 is 13.9 Å². The Morgan fingerprint density at radius 1 is 1.12 bits per heavy atom. The van der Waals surface area contributed by atoms with Gasteiger partial charge in [0.05, 0.1) is 12.8 Å². The molecule has 3 nitrogen and oxygen atoms in total. The zero-order chi connectivity index (χ0) is 17.7. The molecule has 1 N–H and O–H groups in total. The lowest BCUT2D eigenvalue weighted by Crippen LogP contribution is -2.10. The van der Waals surface area contributed by atoms with Crippen LogP contribution in [0.25, 0.3) is 6.08 Å². The number of hydrogen-bond donors (Lipinski definition) is 1. The average Bonchev–Trinajstić information content (AvgIpc) is 2.53. The molecule has 4 heteroatoms. The highest BCUT2D eigenvalue weighted by molar-refractivity contribution is 6.02. The van der Waals surface area contributed by atoms with Gasteiger partial charge in [0, 0.05) is 6.08 Å². The molecule has 0 heterocycles. The van der Waals surface area contributed by atoms with Crippen LogP contribution in [0.1, 0.15) is 31.9 Å². The molecule has 0 aliphatic heterocycles. The van der Waals surface area contributed by atoms with Gasteiger partial charge in [0.25, 0.3) is 0 Å². The predicted molar refractivity (Wildman–Crippen MR) is 95.8 cm³/mol. The second kappa shape index (κ2) is 7.30. The Labute approximate surface area is 142 Å². The van der Waals surface area contributed by atoms with E-state index in [0.717, 1.165) is 5.56 Å². The molecule has 0 atom stereocenters. The van der Waals surface area contributed by atoms with Crippen LogP contribution < -0.4 is 10.1 Å². The van der Waals surface area contributed by atoms with E-state index in [0.29, 0.717) is 5.69 Å². The van der Waals surface area contributed by atoms with Crippen LogP contribution in [0, 0.1) is 5.82 Å². The first-order valence-corrected chi connectivity index (χ1v) is 7.73. The van der Waals surface area contributed by atoms with Crippen LogP contribution in [-0.4, -0.2) is 13.0 Å². The van der Waals surface area contributed by atoms with Crippen molar-refractivity contribution in [2.24, 2.45) is 0 Å². The Bertz CT molecular complexity index is 743. The minimum Gasteiger partial charge on any atom is -0.492 e. The van der Waals surface area contributed by atoms with Gasteiger partial charge in [-0.2, -0.15) is 0 Å². The molecule has 2 rings (SSSR count). The number of benzene rings is 2. The SMILES string of the molecule is COc1c(F)cccc1NC(=O)/C=C/c1ccc(C(C)(C)C)cc1. The Hall–Kier alpha value is -2.62. The number of nitrogens with one attached hydrogen (secondary N) is 1. The molecule has 24 heavy (non-hydrogen) atoms. The molecule has 0 fully saturated rings. The van der Waals surface area contributed by atoms with Gasteiger partial charge < -0.3 is 10.1 Å². The van der Waals surface area contributed by atoms with Gasteiger partial charge in [-0.25, -0.2) is 4.39 Å². The quantitative estimate of drug-likeness (QED) is 0.820. The Kier molecular flexibility index (Phi) is 5.39. The van der Waals surface area contributed by atoms with Crippen molar-refractivity contribution in [2.45, 2.75) is 26.2 Å². The molecule has 0 saturated heterocycles. The number of carbonyl (C=O) groups is 1. The summed E-state index contributed by atoms with van der Waals surface area (Å²) in [5.74, 6) is -0.843. The van der Waals surface area contributed by atoms with Gasteiger partial charge in [0.1, 0.15) is 0 Å². The van der Waals surface area contributed by atoms with Crippen LogP contribution in [0.3, 0.4) is 0 Å². The largest absolute Gasteiger partial charge is 0.492 e. The first-order chi connectivity index (χ1) is 11.3. The Morgan fingerprint density at radius 2 is 1.79 bits per heavy atom. The first kappa shape index (κ1) is 17.7. The minimum absolute atomic E-state index is 0.0220. The lowest BCUT2D eigenvalue weighted by Gasteiger charge is -2.18. The summed E-state index contributed by atoms with van der Waals surface area (Å²) in [7, 11) is 1.36. The van der Waals surface area contributed by atoms with Crippen molar-refractivity contribution in [3.8, 4) is 5.75 Å². The molecule has 0 bridgehead atoms. The van der Waals surface area contributed by atoms with Crippen LogP contribution in [-0.2, 0) is 10.2 Å². The number of rotatable bonds is 4. The standard InChI is InChI=1S/C20H22FNO2/c1-20(2,3)15-11-8-14(9-12-15)10-13-18(23)22-17-7-5-6-16(21)19(17)24-4/h5-13H,1-4H3,(H,22,23)/b13-10+. The summed E-state index contributed by atoms with van der Waals surface area (Å²) in [6.45, 7) is 6.45. The van der Waals surface area contributed by atoms with E-state index in [4.69, 9.17) is 4.74 Å². The second-order valence-corrected chi connectivity index (χ2v) is 6.52. The van der Waals surface area contributed by atoms with Gasteiger partial charge in [-0.15, -0.1) is 0 Å². The monoisotopic (exact) mass is 327 g/mol. The summed E-state index contributed by atoms with van der Waals surface area (Å²) >= 11 is 0. The summed E-state index contributed by atoms with van der Waals surface area (Å²) in [6, 6.07) is 12.4. The van der Waals surface area contributed by atoms with Crippen molar-refractivity contribution in [3.05, 3.63) is 65.5 Å². The third-order valence-corrected chi connectivity index (χ3v) is 3.63. The number of hydrogen-bond acceptors (Lipinski definition) is 2. The van der Waals surface area contributed by atoms with Crippen LogP contribution in [0.4, 0.5) is 10.1 Å². The van der Waals surface area contributed by atoms with Gasteiger partial charge in [-0.1, -0.05) is 51.1 Å². The number of halogens is 1. The number of anilines is 1. The topological polar surface area (TPSA) is 38.3 Å². The van der Waals surface area contributed by atoms with Crippen LogP contribution >= 0.6 is 0 Å². The van der Waals surface area contributed by atoms with Crippen molar-refractivity contribution in [3.63, 3.8) is 0 Å². The van der Waals surface area contributed by atoms with E-state index in [9.17, 15) is 9.18 Å². The fourth-order valence-corrected chi connectivity index (χ4v) is 2.26. The average molecular weight is 327 g/mol. The van der Waals surface area contributed by atoms with E-state index in [-0.39, 0.29) is 17.1 Å². The molecular weight excluding hydrogens is 305 g/mol. The molecule has 0 aromatic heterocycles. The normalized spacial score (nSPS) is 11.5. The van der Waals surface area contributed by atoms with Gasteiger partial charge in [0.2, 0.25) is 5.91 Å². The maximum absolute atomic E-state index is 13.6. The predicted octanol–water partition coefficient (Wildman–Crippen LogP) is 4.78. The number of ether oxygens (including phenoxy) is 1. The Balaban J connectivity index is 2.07. The van der Waals surface area contributed by atoms with Gasteiger partial charge in [0.15, 0.2) is 11.6 Å². The molecule has 0 spiro atoms. The molecular formula is C20H22FNO2. The third kappa shape index (κ3) is 4.44. The fourth-order valence-electron chi connectivity index (χ4n) is 2.26. The van der Waals surface area contributed by atoms with E-state index >= 15 is 0 Å². The van der Waals surface area contributed by atoms with Gasteiger partial charge >= 0.3 is 0 Å². The van der Waals surface area contributed by atoms with Crippen LogP contribution in [0.5, 0.6) is 5.75 Å². The summed E-state index contributed by atoms with van der Waals surface area (Å²) in [5.41, 5.74) is 2.54. The number of carbonyl (C=O) groups excluding carboxylic acids is 1. The minimum atomic E-state index is -0.517. The van der Waals surface area contributed by atoms with Crippen LogP contribution in [0.2, 0.25) is 0 Å². The third-order valence-electron chi connectivity index (χ3n) is 3.63. The lowest BCUT2D eigenvalue weighted by atomic mass is 9.87. The zero-order valence-corrected chi connectivity index (χ0v) is 14.4. The smallest absolute Gasteiger partial charge is 0.248 e. The molecule has 0 aliphatic rings. The summed E-state index contributed by atoms with van der Waals surface area (Å²) in [4.78, 5) is 12.0. The number of amides is 1. The van der Waals surface area contributed by atoms with Gasteiger partial charge in [-0.05, 0) is 34.8 Å². The van der Waals surface area contributed by atoms with Crippen LogP contribution in [0.15, 0.2) is 48.5 Å². The maximum Gasteiger partial charge on any atom is 0.248 e. The molecule has 2 aromatic carbocycles. The van der Waals surface area contributed by atoms with E-state index in [1.54, 1.807) is 12.1 Å². The maximum atomic E-state index is 13.6. The summed E-state index contributed by atoms with van der Waals surface area (Å²) < 4.78 is 18.6. The highest BCUT2D eigenvalue weighted by atomic mass is 19.1. The van der Waals surface area contributed by atoms with E-state index in [1.165, 1.54) is 30.9 Å². The summed E-state index contributed by atoms with van der Waals surface area (Å²) in [6.07, 6.45) is 3.13. The van der Waals surface area contributed by atoms with E-state index < -0.39 is 5.82 Å². The Morgan fingerprint density at radius 3 is 2.38 bits per heavy atom. The van der Waals surface area contributed by atoms with Crippen molar-refractivity contribution in [1.29, 1.82) is 0 Å². The fraction of sp³-hybridized carbons (Fsp3) is 0.250. The van der Waals surface area contributed by atoms with Crippen molar-refractivity contribution >= 4 is 17.7 Å². The number of methoxy groups -OCH3 is 1. The first-order valence-electron chi connectivity index (χ1n) is 7.73. The van der Waals surface area contributed by atoms with E-state index in [2.05, 4.69) is 26.1 Å². The number of para-hydroxylation sites is 1. The highest BCUT2D eigenvalue weighted by Gasteiger charge is 2.12. The zero-order valence-electron chi connectivity index (χ0n) is 14.4. The summed E-state index contributed by atoms with van der Waals surface area (Å²) in [5, 5.41) is 2.62. The molecule has 126 valence electrons. The second-order valence-electron chi connectivity index (χ2n) is 6.52. The molecule has 0 unspecified atom stereocenters. The molecule has 0 radical (unpaired) electrons. The molecule has 0 aliphatic carbocycles. The molecule has 1 amide bonds.